The Labute approximate surface area is 137 Å². The summed E-state index contributed by atoms with van der Waals surface area (Å²) >= 11 is 0. The molecule has 1 N–H and O–H groups in total. The molecule has 1 aliphatic rings. The van der Waals surface area contributed by atoms with Crippen LogP contribution >= 0.6 is 0 Å². The third kappa shape index (κ3) is 7.10. The molecule has 0 heterocycles. The zero-order valence-corrected chi connectivity index (χ0v) is 15.1. The van der Waals surface area contributed by atoms with Gasteiger partial charge in [0.1, 0.15) is 0 Å². The van der Waals surface area contributed by atoms with Gasteiger partial charge in [-0.05, 0) is 64.7 Å². The summed E-state index contributed by atoms with van der Waals surface area (Å²) < 4.78 is 4.88. The van der Waals surface area contributed by atoms with Crippen LogP contribution in [0, 0.1) is 11.8 Å². The van der Waals surface area contributed by atoms with Gasteiger partial charge in [-0.15, -0.1) is 0 Å². The van der Waals surface area contributed by atoms with Crippen LogP contribution in [0.15, 0.2) is 0 Å². The molecular formula is C18H36N2O2. The first-order valence-electron chi connectivity index (χ1n) is 9.03. The third-order valence-electron chi connectivity index (χ3n) is 4.96. The van der Waals surface area contributed by atoms with E-state index in [1.807, 2.05) is 0 Å². The smallest absolute Gasteiger partial charge is 0.305 e. The van der Waals surface area contributed by atoms with Crippen LogP contribution in [0.1, 0.15) is 58.3 Å². The molecule has 0 amide bonds. The number of hydrogen-bond acceptors (Lipinski definition) is 4. The maximum atomic E-state index is 11.6. The van der Waals surface area contributed by atoms with Gasteiger partial charge in [-0.2, -0.15) is 0 Å². The molecular weight excluding hydrogens is 276 g/mol. The van der Waals surface area contributed by atoms with Crippen molar-refractivity contribution in [2.45, 2.75) is 64.3 Å². The van der Waals surface area contributed by atoms with E-state index in [0.29, 0.717) is 24.3 Å². The van der Waals surface area contributed by atoms with E-state index in [-0.39, 0.29) is 5.97 Å². The van der Waals surface area contributed by atoms with E-state index < -0.39 is 0 Å². The Morgan fingerprint density at radius 3 is 2.64 bits per heavy atom. The molecule has 1 fully saturated rings. The monoisotopic (exact) mass is 312 g/mol. The van der Waals surface area contributed by atoms with Gasteiger partial charge in [0.25, 0.3) is 0 Å². The van der Waals surface area contributed by atoms with Gasteiger partial charge < -0.3 is 15.0 Å². The highest BCUT2D eigenvalue weighted by Gasteiger charge is 2.36. The van der Waals surface area contributed by atoms with Crippen molar-refractivity contribution >= 4 is 5.97 Å². The van der Waals surface area contributed by atoms with Crippen molar-refractivity contribution in [2.75, 3.05) is 34.3 Å². The van der Waals surface area contributed by atoms with Crippen molar-refractivity contribution in [3.05, 3.63) is 0 Å². The van der Waals surface area contributed by atoms with E-state index in [4.69, 9.17) is 4.74 Å². The summed E-state index contributed by atoms with van der Waals surface area (Å²) in [5.74, 6) is 1.11. The lowest BCUT2D eigenvalue weighted by atomic mass is 9.86. The third-order valence-corrected chi connectivity index (χ3v) is 4.96. The number of esters is 1. The van der Waals surface area contributed by atoms with Crippen LogP contribution in [0.25, 0.3) is 0 Å². The average molecular weight is 312 g/mol. The standard InChI is InChI=1S/C18H36N2O2/c1-5-6-7-9-16-15(14-18(21)22-4)10-11-17(16)19-12-8-13-20(2)3/h15-17,19H,5-14H2,1-4H3. The number of methoxy groups -OCH3 is 1. The lowest BCUT2D eigenvalue weighted by Crippen LogP contribution is -2.36. The second-order valence-corrected chi connectivity index (χ2v) is 6.99. The summed E-state index contributed by atoms with van der Waals surface area (Å²) in [5.41, 5.74) is 0. The van der Waals surface area contributed by atoms with E-state index >= 15 is 0 Å². The fourth-order valence-corrected chi connectivity index (χ4v) is 3.70. The summed E-state index contributed by atoms with van der Waals surface area (Å²) in [7, 11) is 5.74. The van der Waals surface area contributed by atoms with Crippen LogP contribution in [0.4, 0.5) is 0 Å². The van der Waals surface area contributed by atoms with Crippen molar-refractivity contribution in [2.24, 2.45) is 11.8 Å². The van der Waals surface area contributed by atoms with Crippen molar-refractivity contribution in [3.8, 4) is 0 Å². The van der Waals surface area contributed by atoms with E-state index in [0.717, 1.165) is 19.5 Å². The van der Waals surface area contributed by atoms with E-state index in [1.54, 1.807) is 0 Å². The number of rotatable bonds is 11. The molecule has 0 aromatic heterocycles. The molecule has 0 bridgehead atoms. The van der Waals surface area contributed by atoms with Gasteiger partial charge in [0.2, 0.25) is 0 Å². The highest BCUT2D eigenvalue weighted by Crippen LogP contribution is 2.38. The zero-order valence-electron chi connectivity index (χ0n) is 15.1. The van der Waals surface area contributed by atoms with Gasteiger partial charge >= 0.3 is 5.97 Å². The second kappa shape index (κ2) is 11.0. The highest BCUT2D eigenvalue weighted by molar-refractivity contribution is 5.69. The molecule has 4 heteroatoms. The van der Waals surface area contributed by atoms with Crippen molar-refractivity contribution in [1.29, 1.82) is 0 Å². The predicted octanol–water partition coefficient (Wildman–Crippen LogP) is 3.07. The second-order valence-electron chi connectivity index (χ2n) is 6.99. The Hall–Kier alpha value is -0.610. The lowest BCUT2D eigenvalue weighted by molar-refractivity contribution is -0.142. The van der Waals surface area contributed by atoms with Gasteiger partial charge in [-0.1, -0.05) is 26.2 Å². The molecule has 22 heavy (non-hydrogen) atoms. The first-order chi connectivity index (χ1) is 10.6. The fourth-order valence-electron chi connectivity index (χ4n) is 3.70. The number of hydrogen-bond donors (Lipinski definition) is 1. The summed E-state index contributed by atoms with van der Waals surface area (Å²) in [6.07, 6.45) is 9.26. The van der Waals surface area contributed by atoms with Crippen molar-refractivity contribution < 1.29 is 9.53 Å². The molecule has 1 saturated carbocycles. The predicted molar refractivity (Wildman–Crippen MR) is 92.0 cm³/mol. The van der Waals surface area contributed by atoms with Crippen LogP contribution in [-0.2, 0) is 9.53 Å². The van der Waals surface area contributed by atoms with E-state index in [2.05, 4.69) is 31.2 Å². The van der Waals surface area contributed by atoms with Crippen LogP contribution in [0.2, 0.25) is 0 Å². The molecule has 0 aliphatic heterocycles. The molecule has 3 atom stereocenters. The minimum atomic E-state index is -0.0428. The van der Waals surface area contributed by atoms with Gasteiger partial charge in [0.05, 0.1) is 7.11 Å². The molecule has 1 rings (SSSR count). The molecule has 0 aromatic rings. The summed E-state index contributed by atoms with van der Waals surface area (Å²) in [6, 6.07) is 0.591. The number of nitrogens with one attached hydrogen (secondary N) is 1. The minimum Gasteiger partial charge on any atom is -0.469 e. The minimum absolute atomic E-state index is 0.0428. The highest BCUT2D eigenvalue weighted by atomic mass is 16.5. The Morgan fingerprint density at radius 2 is 2.00 bits per heavy atom. The average Bonchev–Trinajstić information content (AvgIpc) is 2.86. The molecule has 130 valence electrons. The van der Waals surface area contributed by atoms with Crippen LogP contribution < -0.4 is 5.32 Å². The van der Waals surface area contributed by atoms with Gasteiger partial charge in [-0.25, -0.2) is 0 Å². The Balaban J connectivity index is 2.44. The number of carbonyl (C=O) groups is 1. The Bertz CT molecular complexity index is 307. The Kier molecular flexibility index (Phi) is 9.73. The topological polar surface area (TPSA) is 41.6 Å². The molecule has 1 aliphatic carbocycles. The first kappa shape index (κ1) is 19.4. The number of carbonyl (C=O) groups excluding carboxylic acids is 1. The lowest BCUT2D eigenvalue weighted by Gasteiger charge is -2.26. The summed E-state index contributed by atoms with van der Waals surface area (Å²) in [4.78, 5) is 13.9. The normalized spacial score (nSPS) is 24.9. The van der Waals surface area contributed by atoms with E-state index in [1.165, 1.54) is 45.6 Å². The molecule has 0 spiro atoms. The van der Waals surface area contributed by atoms with E-state index in [9.17, 15) is 4.79 Å². The number of ether oxygens (including phenoxy) is 1. The van der Waals surface area contributed by atoms with Gasteiger partial charge in [-0.3, -0.25) is 4.79 Å². The first-order valence-corrected chi connectivity index (χ1v) is 9.03. The largest absolute Gasteiger partial charge is 0.469 e. The molecule has 0 radical (unpaired) electrons. The van der Waals surface area contributed by atoms with Gasteiger partial charge in [0, 0.05) is 12.5 Å². The van der Waals surface area contributed by atoms with Crippen LogP contribution in [-0.4, -0.2) is 51.2 Å². The number of nitrogens with zero attached hydrogens (tertiary/aromatic N) is 1. The Morgan fingerprint density at radius 1 is 1.23 bits per heavy atom. The van der Waals surface area contributed by atoms with Crippen LogP contribution in [0.3, 0.4) is 0 Å². The fraction of sp³-hybridized carbons (Fsp3) is 0.944. The molecule has 0 saturated heterocycles. The molecule has 3 unspecified atom stereocenters. The van der Waals surface area contributed by atoms with Crippen molar-refractivity contribution in [3.63, 3.8) is 0 Å². The SMILES string of the molecule is CCCCCC1C(CC(=O)OC)CCC1NCCCN(C)C. The molecule has 0 aromatic carbocycles. The maximum Gasteiger partial charge on any atom is 0.305 e. The zero-order chi connectivity index (χ0) is 16.4. The number of unbranched alkanes of at least 4 members (excludes halogenated alkanes) is 2. The van der Waals surface area contributed by atoms with Gasteiger partial charge in [0.15, 0.2) is 0 Å². The maximum absolute atomic E-state index is 11.6. The van der Waals surface area contributed by atoms with Crippen LogP contribution in [0.5, 0.6) is 0 Å². The molecule has 4 nitrogen and oxygen atoms in total. The summed E-state index contributed by atoms with van der Waals surface area (Å²) in [6.45, 7) is 4.46. The summed E-state index contributed by atoms with van der Waals surface area (Å²) in [5, 5.41) is 3.76. The quantitative estimate of drug-likeness (QED) is 0.470. The van der Waals surface area contributed by atoms with Crippen molar-refractivity contribution in [1.82, 2.24) is 10.2 Å².